The Morgan fingerprint density at radius 1 is 0.840 bits per heavy atom. The van der Waals surface area contributed by atoms with E-state index in [0.29, 0.717) is 38.7 Å². The van der Waals surface area contributed by atoms with E-state index in [1.807, 2.05) is 24.3 Å². The number of fused-ring (bicyclic) bond motifs is 4. The van der Waals surface area contributed by atoms with Crippen LogP contribution in [-0.2, 0) is 24.6 Å². The quantitative estimate of drug-likeness (QED) is 0.173. The molecule has 4 aromatic carbocycles. The van der Waals surface area contributed by atoms with Crippen LogP contribution < -0.4 is 10.3 Å². The second kappa shape index (κ2) is 11.7. The van der Waals surface area contributed by atoms with Crippen molar-refractivity contribution >= 4 is 46.6 Å². The predicted molar refractivity (Wildman–Crippen MR) is 186 cm³/mol. The SMILES string of the molecule is Cc1cc([C@H]2C3=CC[C@@H]4C(=O)N(c5ccccc5)C(=O)[C@@H]4[C@@H]3C[C@H]3C(=O)N(Nc4ccc(F)cc4)C(=O)[C@@]23c2ccc(Cl)cc2)cc(C)c1O. The van der Waals surface area contributed by atoms with E-state index in [0.717, 1.165) is 10.6 Å². The van der Waals surface area contributed by atoms with Crippen molar-refractivity contribution in [2.45, 2.75) is 38.0 Å². The molecule has 252 valence electrons. The standard InChI is InChI=1S/C40H33ClFN3O5/c1-21-18-23(19-22(2)35(21)46)34-29-16-17-30-33(38(49)44(36(30)47)28-6-4-3-5-7-28)31(29)20-32-37(48)45(43-27-14-12-26(42)13-15-27)39(50)40(32,34)24-8-10-25(41)11-9-24/h3-16,18-19,30-34,43,46H,17,20H2,1-2H3/t30-,31+,32-,33-,34-,40+/m0/s1. The number of amides is 4. The van der Waals surface area contributed by atoms with E-state index in [4.69, 9.17) is 11.6 Å². The molecule has 1 saturated carbocycles. The molecule has 2 heterocycles. The molecule has 0 aromatic heterocycles. The predicted octanol–water partition coefficient (Wildman–Crippen LogP) is 6.99. The fourth-order valence-electron chi connectivity index (χ4n) is 9.02. The number of hydrazine groups is 1. The molecule has 10 heteroatoms. The molecule has 4 aromatic rings. The fraction of sp³-hybridized carbons (Fsp3) is 0.250. The van der Waals surface area contributed by atoms with Crippen LogP contribution in [0.2, 0.25) is 5.02 Å². The third kappa shape index (κ3) is 4.56. The minimum absolute atomic E-state index is 0.124. The number of carbonyl (C=O) groups is 4. The minimum atomic E-state index is -1.50. The summed E-state index contributed by atoms with van der Waals surface area (Å²) in [4.78, 5) is 59.5. The Labute approximate surface area is 293 Å². The minimum Gasteiger partial charge on any atom is -0.507 e. The van der Waals surface area contributed by atoms with Gasteiger partial charge in [0.05, 0.1) is 34.5 Å². The first kappa shape index (κ1) is 32.0. The maximum absolute atomic E-state index is 15.2. The monoisotopic (exact) mass is 689 g/mol. The van der Waals surface area contributed by atoms with E-state index in [9.17, 15) is 23.9 Å². The average molecular weight is 690 g/mol. The number of anilines is 2. The van der Waals surface area contributed by atoms with Crippen LogP contribution in [0.5, 0.6) is 5.75 Å². The van der Waals surface area contributed by atoms with Crippen molar-refractivity contribution in [3.63, 3.8) is 0 Å². The summed E-state index contributed by atoms with van der Waals surface area (Å²) in [7, 11) is 0. The van der Waals surface area contributed by atoms with E-state index in [2.05, 4.69) is 5.43 Å². The Morgan fingerprint density at radius 3 is 2.16 bits per heavy atom. The molecule has 4 amide bonds. The maximum Gasteiger partial charge on any atom is 0.260 e. The molecule has 6 atom stereocenters. The van der Waals surface area contributed by atoms with Crippen LogP contribution in [0.15, 0.2) is 103 Å². The van der Waals surface area contributed by atoms with Gasteiger partial charge in [-0.2, -0.15) is 5.01 Å². The van der Waals surface area contributed by atoms with E-state index < -0.39 is 52.6 Å². The van der Waals surface area contributed by atoms with Gasteiger partial charge < -0.3 is 5.11 Å². The molecule has 3 fully saturated rings. The zero-order valence-corrected chi connectivity index (χ0v) is 28.0. The Balaban J connectivity index is 1.35. The highest BCUT2D eigenvalue weighted by atomic mass is 35.5. The highest BCUT2D eigenvalue weighted by molar-refractivity contribution is 6.30. The number of rotatable bonds is 5. The number of halogens is 2. The maximum atomic E-state index is 15.2. The molecular weight excluding hydrogens is 657 g/mol. The van der Waals surface area contributed by atoms with E-state index in [1.165, 1.54) is 29.2 Å². The van der Waals surface area contributed by atoms with Gasteiger partial charge in [0.25, 0.3) is 11.8 Å². The molecule has 0 unspecified atom stereocenters. The number of phenols is 1. The first-order valence-corrected chi connectivity index (χ1v) is 17.0. The average Bonchev–Trinajstić information content (AvgIpc) is 3.49. The summed E-state index contributed by atoms with van der Waals surface area (Å²) in [5, 5.41) is 12.3. The Kier molecular flexibility index (Phi) is 7.45. The van der Waals surface area contributed by atoms with Gasteiger partial charge in [-0.15, -0.1) is 0 Å². The first-order valence-electron chi connectivity index (χ1n) is 16.6. The van der Waals surface area contributed by atoms with Gasteiger partial charge in [-0.05, 0) is 103 Å². The fourth-order valence-corrected chi connectivity index (χ4v) is 9.14. The summed E-state index contributed by atoms with van der Waals surface area (Å²) in [6, 6.07) is 24.8. The lowest BCUT2D eigenvalue weighted by atomic mass is 9.49. The second-order valence-corrected chi connectivity index (χ2v) is 14.2. The van der Waals surface area contributed by atoms with Gasteiger partial charge in [-0.1, -0.05) is 65.7 Å². The first-order chi connectivity index (χ1) is 24.0. The van der Waals surface area contributed by atoms with Gasteiger partial charge in [-0.3, -0.25) is 29.5 Å². The van der Waals surface area contributed by atoms with Crippen molar-refractivity contribution in [2.75, 3.05) is 10.3 Å². The lowest BCUT2D eigenvalue weighted by molar-refractivity contribution is -0.138. The smallest absolute Gasteiger partial charge is 0.260 e. The van der Waals surface area contributed by atoms with Crippen LogP contribution >= 0.6 is 11.6 Å². The number of carbonyl (C=O) groups excluding carboxylic acids is 4. The number of nitrogens with one attached hydrogen (secondary N) is 1. The third-order valence-corrected chi connectivity index (χ3v) is 11.4. The number of imide groups is 2. The number of benzene rings is 4. The normalized spacial score (nSPS) is 27.2. The van der Waals surface area contributed by atoms with Gasteiger partial charge in [0.2, 0.25) is 11.8 Å². The summed E-state index contributed by atoms with van der Waals surface area (Å²) in [5.74, 6) is -5.56. The van der Waals surface area contributed by atoms with E-state index >= 15 is 4.79 Å². The van der Waals surface area contributed by atoms with Crippen LogP contribution in [0.1, 0.15) is 41.0 Å². The summed E-state index contributed by atoms with van der Waals surface area (Å²) in [6.07, 6.45) is 2.42. The number of para-hydroxylation sites is 1. The van der Waals surface area contributed by atoms with E-state index in [-0.39, 0.29) is 30.4 Å². The largest absolute Gasteiger partial charge is 0.507 e. The molecule has 2 N–H and O–H groups in total. The van der Waals surface area contributed by atoms with Crippen molar-refractivity contribution in [2.24, 2.45) is 23.7 Å². The Morgan fingerprint density at radius 2 is 1.50 bits per heavy atom. The summed E-state index contributed by atoms with van der Waals surface area (Å²) >= 11 is 6.36. The topological polar surface area (TPSA) is 107 Å². The van der Waals surface area contributed by atoms with Crippen LogP contribution in [0.25, 0.3) is 0 Å². The molecule has 2 aliphatic carbocycles. The highest BCUT2D eigenvalue weighted by Gasteiger charge is 2.70. The molecule has 8 rings (SSSR count). The second-order valence-electron chi connectivity index (χ2n) is 13.7. The number of phenolic OH excluding ortho intramolecular Hbond substituents is 1. The zero-order valence-electron chi connectivity index (χ0n) is 27.3. The van der Waals surface area contributed by atoms with Gasteiger partial charge in [-0.25, -0.2) is 4.39 Å². The van der Waals surface area contributed by atoms with E-state index in [1.54, 1.807) is 62.4 Å². The van der Waals surface area contributed by atoms with Crippen LogP contribution in [-0.4, -0.2) is 33.7 Å². The van der Waals surface area contributed by atoms with Gasteiger partial charge in [0, 0.05) is 10.9 Å². The molecule has 2 saturated heterocycles. The number of hydrogen-bond acceptors (Lipinski definition) is 6. The number of aryl methyl sites for hydroxylation is 2. The zero-order chi connectivity index (χ0) is 35.1. The summed E-state index contributed by atoms with van der Waals surface area (Å²) in [5.41, 5.74) is 5.58. The van der Waals surface area contributed by atoms with Crippen LogP contribution in [0.3, 0.4) is 0 Å². The lowest BCUT2D eigenvalue weighted by Gasteiger charge is -2.50. The molecule has 50 heavy (non-hydrogen) atoms. The molecule has 8 nitrogen and oxygen atoms in total. The van der Waals surface area contributed by atoms with Gasteiger partial charge in [0.15, 0.2) is 0 Å². The molecule has 0 bridgehead atoms. The molecular formula is C40H33ClFN3O5. The van der Waals surface area contributed by atoms with Crippen molar-refractivity contribution in [1.29, 1.82) is 0 Å². The van der Waals surface area contributed by atoms with Crippen LogP contribution in [0, 0.1) is 43.3 Å². The van der Waals surface area contributed by atoms with Crippen LogP contribution in [0.4, 0.5) is 15.8 Å². The van der Waals surface area contributed by atoms with Crippen molar-refractivity contribution in [3.05, 3.63) is 136 Å². The van der Waals surface area contributed by atoms with Gasteiger partial charge >= 0.3 is 0 Å². The molecule has 2 aliphatic heterocycles. The number of allylic oxidation sites excluding steroid dienone is 2. The number of aromatic hydroxyl groups is 1. The van der Waals surface area contributed by atoms with Crippen molar-refractivity contribution in [3.8, 4) is 5.75 Å². The number of hydrogen-bond donors (Lipinski definition) is 2. The number of nitrogens with zero attached hydrogens (tertiary/aromatic N) is 2. The van der Waals surface area contributed by atoms with Gasteiger partial charge in [0.1, 0.15) is 11.6 Å². The molecule has 0 radical (unpaired) electrons. The molecule has 0 spiro atoms. The lowest BCUT2D eigenvalue weighted by Crippen LogP contribution is -2.53. The molecule has 4 aliphatic rings. The Hall–Kier alpha value is -5.28. The van der Waals surface area contributed by atoms with Crippen molar-refractivity contribution in [1.82, 2.24) is 5.01 Å². The highest BCUT2D eigenvalue weighted by Crippen LogP contribution is 2.64. The summed E-state index contributed by atoms with van der Waals surface area (Å²) < 4.78 is 13.8. The third-order valence-electron chi connectivity index (χ3n) is 11.1. The summed E-state index contributed by atoms with van der Waals surface area (Å²) in [6.45, 7) is 3.57. The Bertz CT molecular complexity index is 2100. The van der Waals surface area contributed by atoms with Crippen molar-refractivity contribution < 1.29 is 28.7 Å².